The Labute approximate surface area is 180 Å². The van der Waals surface area contributed by atoms with E-state index in [9.17, 15) is 18.8 Å². The SMILES string of the molecule is CC(=O)Nc1ccc(-c2ccc(Cn3cnn(CC(=CF)COC(N)=O)c3=O)s2)cc1. The zero-order valence-corrected chi connectivity index (χ0v) is 17.4. The number of halogens is 1. The van der Waals surface area contributed by atoms with Crippen molar-refractivity contribution >= 4 is 29.0 Å². The minimum atomic E-state index is -1.03. The lowest BCUT2D eigenvalue weighted by molar-refractivity contribution is -0.114. The van der Waals surface area contributed by atoms with Crippen molar-refractivity contribution in [2.75, 3.05) is 11.9 Å². The Morgan fingerprint density at radius 3 is 2.65 bits per heavy atom. The summed E-state index contributed by atoms with van der Waals surface area (Å²) < 4.78 is 20.0. The molecular weight excluding hydrogens is 425 g/mol. The van der Waals surface area contributed by atoms with Crippen molar-refractivity contribution in [1.29, 1.82) is 0 Å². The maximum absolute atomic E-state index is 13.0. The molecular formula is C20H20FN5O4S. The Balaban J connectivity index is 1.68. The molecule has 2 heterocycles. The number of ether oxygens (including phenoxy) is 1. The van der Waals surface area contributed by atoms with Crippen LogP contribution in [-0.2, 0) is 22.6 Å². The van der Waals surface area contributed by atoms with Crippen LogP contribution >= 0.6 is 11.3 Å². The Morgan fingerprint density at radius 1 is 1.26 bits per heavy atom. The normalized spacial score (nSPS) is 11.4. The summed E-state index contributed by atoms with van der Waals surface area (Å²) in [6, 6.07) is 11.3. The molecule has 3 N–H and O–H groups in total. The van der Waals surface area contributed by atoms with Gasteiger partial charge in [-0.1, -0.05) is 12.1 Å². The summed E-state index contributed by atoms with van der Waals surface area (Å²) >= 11 is 1.52. The van der Waals surface area contributed by atoms with Crippen LogP contribution in [0.5, 0.6) is 0 Å². The predicted molar refractivity (Wildman–Crippen MR) is 114 cm³/mol. The van der Waals surface area contributed by atoms with Gasteiger partial charge >= 0.3 is 11.8 Å². The van der Waals surface area contributed by atoms with Crippen molar-refractivity contribution in [2.24, 2.45) is 5.73 Å². The second-order valence-electron chi connectivity index (χ2n) is 6.60. The summed E-state index contributed by atoms with van der Waals surface area (Å²) in [6.45, 7) is 1.24. The highest BCUT2D eigenvalue weighted by atomic mass is 32.1. The highest BCUT2D eigenvalue weighted by Gasteiger charge is 2.11. The summed E-state index contributed by atoms with van der Waals surface area (Å²) in [6.07, 6.45) is 0.599. The lowest BCUT2D eigenvalue weighted by Gasteiger charge is -2.05. The van der Waals surface area contributed by atoms with Crippen LogP contribution in [0, 0.1) is 0 Å². The smallest absolute Gasteiger partial charge is 0.404 e. The Morgan fingerprint density at radius 2 is 2.00 bits per heavy atom. The minimum Gasteiger partial charge on any atom is -0.445 e. The lowest BCUT2D eigenvalue weighted by atomic mass is 10.2. The van der Waals surface area contributed by atoms with Gasteiger partial charge in [0.2, 0.25) is 5.91 Å². The summed E-state index contributed by atoms with van der Waals surface area (Å²) in [5.41, 5.74) is 6.19. The van der Waals surface area contributed by atoms with E-state index >= 15 is 0 Å². The molecule has 1 aromatic carbocycles. The van der Waals surface area contributed by atoms with Gasteiger partial charge in [0.05, 0.1) is 19.4 Å². The molecule has 0 atom stereocenters. The predicted octanol–water partition coefficient (Wildman–Crippen LogP) is 2.73. The molecule has 9 nitrogen and oxygen atoms in total. The monoisotopic (exact) mass is 445 g/mol. The number of anilines is 1. The van der Waals surface area contributed by atoms with E-state index in [1.54, 1.807) is 0 Å². The van der Waals surface area contributed by atoms with Gasteiger partial charge in [0, 0.05) is 27.9 Å². The van der Waals surface area contributed by atoms with Crippen molar-refractivity contribution < 1.29 is 18.7 Å². The lowest BCUT2D eigenvalue weighted by Crippen LogP contribution is -2.26. The Bertz CT molecular complexity index is 1160. The highest BCUT2D eigenvalue weighted by molar-refractivity contribution is 7.15. The fourth-order valence-electron chi connectivity index (χ4n) is 2.76. The third-order valence-electron chi connectivity index (χ3n) is 4.18. The van der Waals surface area contributed by atoms with E-state index in [4.69, 9.17) is 5.73 Å². The average Bonchev–Trinajstić information content (AvgIpc) is 3.33. The van der Waals surface area contributed by atoms with Crippen molar-refractivity contribution in [3.8, 4) is 10.4 Å². The first kappa shape index (κ1) is 22.0. The molecule has 0 aliphatic heterocycles. The van der Waals surface area contributed by atoms with E-state index in [1.165, 1.54) is 29.2 Å². The number of hydrogen-bond acceptors (Lipinski definition) is 6. The van der Waals surface area contributed by atoms with E-state index in [0.29, 0.717) is 6.54 Å². The average molecular weight is 445 g/mol. The van der Waals surface area contributed by atoms with Crippen LogP contribution in [0.25, 0.3) is 10.4 Å². The Hall–Kier alpha value is -3.73. The first-order valence-electron chi connectivity index (χ1n) is 9.15. The number of nitrogens with two attached hydrogens (primary N) is 1. The summed E-state index contributed by atoms with van der Waals surface area (Å²) in [5.74, 6) is -0.133. The molecule has 0 saturated heterocycles. The van der Waals surface area contributed by atoms with Gasteiger partial charge in [-0.25, -0.2) is 18.7 Å². The third-order valence-corrected chi connectivity index (χ3v) is 5.30. The van der Waals surface area contributed by atoms with Crippen molar-refractivity contribution in [3.05, 3.63) is 70.0 Å². The number of nitrogens with zero attached hydrogens (tertiary/aromatic N) is 3. The number of primary amides is 1. The van der Waals surface area contributed by atoms with Gasteiger partial charge in [0.25, 0.3) is 0 Å². The number of carbonyl (C=O) groups is 2. The number of benzene rings is 1. The molecule has 31 heavy (non-hydrogen) atoms. The summed E-state index contributed by atoms with van der Waals surface area (Å²) in [7, 11) is 0. The second-order valence-corrected chi connectivity index (χ2v) is 7.77. The molecule has 2 aromatic heterocycles. The molecule has 0 radical (unpaired) electrons. The van der Waals surface area contributed by atoms with Gasteiger partial charge in [0.1, 0.15) is 12.9 Å². The standard InChI is InChI=1S/C20H20FN5O4S/c1-13(27)24-16-4-2-15(3-5-16)18-7-6-17(31-18)10-25-12-23-26(20(25)29)9-14(8-21)11-30-19(22)28/h2-8,12H,9-11H2,1H3,(H2,22,28)(H,24,27). The van der Waals surface area contributed by atoms with E-state index in [0.717, 1.165) is 25.7 Å². The Kier molecular flexibility index (Phi) is 6.98. The molecule has 0 unspecified atom stereocenters. The van der Waals surface area contributed by atoms with Gasteiger partial charge in [-0.15, -0.1) is 11.3 Å². The van der Waals surface area contributed by atoms with E-state index in [1.807, 2.05) is 36.4 Å². The van der Waals surface area contributed by atoms with Crippen molar-refractivity contribution in [3.63, 3.8) is 0 Å². The quantitative estimate of drug-likeness (QED) is 0.552. The second kappa shape index (κ2) is 9.85. The molecule has 0 aliphatic carbocycles. The first-order chi connectivity index (χ1) is 14.9. The van der Waals surface area contributed by atoms with Gasteiger partial charge in [-0.05, 0) is 29.8 Å². The molecule has 11 heteroatoms. The van der Waals surface area contributed by atoms with Gasteiger partial charge in [-0.3, -0.25) is 9.36 Å². The maximum atomic E-state index is 13.0. The summed E-state index contributed by atoms with van der Waals surface area (Å²) in [5, 5.41) is 6.70. The summed E-state index contributed by atoms with van der Waals surface area (Å²) in [4.78, 5) is 36.2. The van der Waals surface area contributed by atoms with E-state index in [2.05, 4.69) is 15.2 Å². The largest absolute Gasteiger partial charge is 0.445 e. The number of aromatic nitrogens is 3. The van der Waals surface area contributed by atoms with Crippen LogP contribution in [-0.4, -0.2) is 33.0 Å². The highest BCUT2D eigenvalue weighted by Crippen LogP contribution is 2.29. The zero-order valence-electron chi connectivity index (χ0n) is 16.6. The van der Waals surface area contributed by atoms with Crippen LogP contribution < -0.4 is 16.7 Å². The molecule has 162 valence electrons. The van der Waals surface area contributed by atoms with E-state index in [-0.39, 0.29) is 31.0 Å². The van der Waals surface area contributed by atoms with Crippen LogP contribution in [0.2, 0.25) is 0 Å². The number of rotatable bonds is 8. The van der Waals surface area contributed by atoms with Gasteiger partial charge in [0.15, 0.2) is 0 Å². The molecule has 0 aliphatic rings. The zero-order chi connectivity index (χ0) is 22.4. The molecule has 2 amide bonds. The van der Waals surface area contributed by atoms with Gasteiger partial charge < -0.3 is 15.8 Å². The van der Waals surface area contributed by atoms with Gasteiger partial charge in [-0.2, -0.15) is 5.10 Å². The fraction of sp³-hybridized carbons (Fsp3) is 0.200. The molecule has 0 spiro atoms. The number of hydrogen-bond donors (Lipinski definition) is 2. The third kappa shape index (κ3) is 5.89. The van der Waals surface area contributed by atoms with Crippen LogP contribution in [0.1, 0.15) is 11.8 Å². The van der Waals surface area contributed by atoms with Crippen LogP contribution in [0.15, 0.2) is 59.4 Å². The number of thiophene rings is 1. The molecule has 3 rings (SSSR count). The molecule has 3 aromatic rings. The fourth-order valence-corrected chi connectivity index (χ4v) is 3.78. The molecule has 0 saturated carbocycles. The molecule has 0 fully saturated rings. The number of carbonyl (C=O) groups excluding carboxylic acids is 2. The maximum Gasteiger partial charge on any atom is 0.404 e. The molecule has 0 bridgehead atoms. The number of amides is 2. The van der Waals surface area contributed by atoms with Crippen LogP contribution in [0.4, 0.5) is 14.9 Å². The number of nitrogens with one attached hydrogen (secondary N) is 1. The first-order valence-corrected chi connectivity index (χ1v) is 9.96. The van der Waals surface area contributed by atoms with Crippen LogP contribution in [0.3, 0.4) is 0 Å². The topological polar surface area (TPSA) is 121 Å². The van der Waals surface area contributed by atoms with Crippen molar-refractivity contribution in [1.82, 2.24) is 14.3 Å². The van der Waals surface area contributed by atoms with Crippen molar-refractivity contribution in [2.45, 2.75) is 20.0 Å². The van der Waals surface area contributed by atoms with E-state index < -0.39 is 11.8 Å². The minimum absolute atomic E-state index is 0.0484.